The molecule has 1 unspecified atom stereocenters. The normalized spacial score (nSPS) is 19.2. The predicted octanol–water partition coefficient (Wildman–Crippen LogP) is 2.38. The Labute approximate surface area is 267 Å². The molecular formula is C30H33ClF2N6O7. The first-order chi connectivity index (χ1) is 21.8. The topological polar surface area (TPSA) is 166 Å². The number of hydrogen-bond acceptors (Lipinski definition) is 8. The molecule has 3 aromatic rings. The number of anilines is 1. The number of aliphatic hydroxyl groups is 1. The van der Waals surface area contributed by atoms with Crippen molar-refractivity contribution in [3.63, 3.8) is 0 Å². The van der Waals surface area contributed by atoms with Crippen molar-refractivity contribution < 1.29 is 42.9 Å². The number of nitrogens with zero attached hydrogens (tertiary/aromatic N) is 4. The van der Waals surface area contributed by atoms with Crippen LogP contribution in [0, 0.1) is 11.6 Å². The second kappa shape index (κ2) is 14.2. The number of carbonyl (C=O) groups is 4. The second-order valence-electron chi connectivity index (χ2n) is 11.0. The van der Waals surface area contributed by atoms with Gasteiger partial charge >= 0.3 is 0 Å². The maximum absolute atomic E-state index is 14.6. The maximum atomic E-state index is 14.6. The Bertz CT molecular complexity index is 1640. The van der Waals surface area contributed by atoms with Gasteiger partial charge in [-0.2, -0.15) is 4.39 Å². The van der Waals surface area contributed by atoms with E-state index in [1.165, 1.54) is 55.3 Å². The second-order valence-corrected chi connectivity index (χ2v) is 11.4. The molecule has 0 saturated carbocycles. The molecule has 0 spiro atoms. The number of carbonyl (C=O) groups excluding carboxylic acids is 3. The molecule has 5 rings (SSSR count). The summed E-state index contributed by atoms with van der Waals surface area (Å²) in [6.07, 6.45) is 1.60. The molecule has 2 aliphatic heterocycles. The van der Waals surface area contributed by atoms with Crippen LogP contribution in [0.1, 0.15) is 34.3 Å². The van der Waals surface area contributed by atoms with Gasteiger partial charge in [0.15, 0.2) is 17.4 Å². The summed E-state index contributed by atoms with van der Waals surface area (Å²) in [6.45, 7) is 3.15. The molecule has 2 atom stereocenters. The van der Waals surface area contributed by atoms with Crippen LogP contribution in [-0.2, 0) is 16.6 Å². The first-order valence-corrected chi connectivity index (χ1v) is 14.5. The maximum Gasteiger partial charge on any atom is 0.291 e. The first-order valence-electron chi connectivity index (χ1n) is 14.1. The van der Waals surface area contributed by atoms with Crippen LogP contribution in [-0.4, -0.2) is 105 Å². The summed E-state index contributed by atoms with van der Waals surface area (Å²) in [7, 11) is 2.72. The van der Waals surface area contributed by atoms with E-state index in [0.717, 1.165) is 0 Å². The third kappa shape index (κ3) is 7.27. The Balaban J connectivity index is 0.00000154. The van der Waals surface area contributed by atoms with Gasteiger partial charge in [0, 0.05) is 57.4 Å². The minimum absolute atomic E-state index is 0.0641. The summed E-state index contributed by atoms with van der Waals surface area (Å²) >= 11 is 6.43. The summed E-state index contributed by atoms with van der Waals surface area (Å²) in [5.74, 6) is -3.62. The number of carboxylic acid groups (broad SMARTS) is 1. The number of aromatic nitrogens is 2. The van der Waals surface area contributed by atoms with Crippen molar-refractivity contribution in [2.75, 3.05) is 45.2 Å². The lowest BCUT2D eigenvalue weighted by atomic mass is 10.0. The zero-order valence-corrected chi connectivity index (χ0v) is 26.0. The number of β-amino-alcohol motifs (C(OH)–C–C–N with tert-alkyl or cyclic N) is 1. The number of benzene rings is 2. The van der Waals surface area contributed by atoms with Gasteiger partial charge < -0.3 is 40.0 Å². The molecule has 4 N–H and O–H groups in total. The molecule has 46 heavy (non-hydrogen) atoms. The third-order valence-corrected chi connectivity index (χ3v) is 8.05. The third-order valence-electron chi connectivity index (χ3n) is 7.74. The molecule has 13 nitrogen and oxygen atoms in total. The van der Waals surface area contributed by atoms with E-state index < -0.39 is 29.2 Å². The average Bonchev–Trinajstić information content (AvgIpc) is 3.59. The van der Waals surface area contributed by atoms with Gasteiger partial charge in [-0.15, -0.1) is 0 Å². The van der Waals surface area contributed by atoms with Crippen molar-refractivity contribution in [2.45, 2.75) is 25.0 Å². The van der Waals surface area contributed by atoms with E-state index in [9.17, 15) is 28.3 Å². The number of piperazine rings is 1. The number of halogens is 3. The van der Waals surface area contributed by atoms with E-state index in [0.29, 0.717) is 44.8 Å². The standard InChI is InChI=1S/C29H31ClF2N6O5.CH2O2/c1-29(42)13-20(34-15-29)28(41)38-10-8-37(9-11-38)27(40)17-5-4-16(12-19(17)30)35-26(39)25-33-14-21(36(25)2)18-6-7-22(43-3)24(32)23(18)31;2-1-3/h4-7,12,14,20,34,42H,8-11,13,15H2,1-3H3,(H,35,39);1H,(H,2,3)/t20?,29-;/m0./s1. The fraction of sp³-hybridized carbons (Fsp3) is 0.367. The number of ether oxygens (including phenoxy) is 1. The lowest BCUT2D eigenvalue weighted by molar-refractivity contribution is -0.135. The Hall–Kier alpha value is -4.60. The summed E-state index contributed by atoms with van der Waals surface area (Å²) in [4.78, 5) is 54.7. The summed E-state index contributed by atoms with van der Waals surface area (Å²) in [6, 6.07) is 6.63. The molecule has 0 bridgehead atoms. The Morgan fingerprint density at radius 3 is 2.37 bits per heavy atom. The van der Waals surface area contributed by atoms with Gasteiger partial charge in [-0.1, -0.05) is 11.6 Å². The molecule has 2 fully saturated rings. The summed E-state index contributed by atoms with van der Waals surface area (Å²) < 4.78 is 35.0. The highest BCUT2D eigenvalue weighted by atomic mass is 35.5. The zero-order valence-electron chi connectivity index (χ0n) is 25.2. The van der Waals surface area contributed by atoms with Crippen molar-refractivity contribution in [3.8, 4) is 17.0 Å². The van der Waals surface area contributed by atoms with E-state index in [-0.39, 0.29) is 51.7 Å². The van der Waals surface area contributed by atoms with Gasteiger partial charge in [0.2, 0.25) is 11.7 Å². The van der Waals surface area contributed by atoms with Gasteiger partial charge in [-0.3, -0.25) is 19.2 Å². The van der Waals surface area contributed by atoms with Gasteiger partial charge in [-0.05, 0) is 37.3 Å². The van der Waals surface area contributed by atoms with Crippen molar-refractivity contribution in [3.05, 3.63) is 64.6 Å². The van der Waals surface area contributed by atoms with Crippen LogP contribution in [0.2, 0.25) is 5.02 Å². The minimum Gasteiger partial charge on any atom is -0.494 e. The molecule has 16 heteroatoms. The number of imidazole rings is 1. The first kappa shape index (κ1) is 34.3. The van der Waals surface area contributed by atoms with Crippen LogP contribution in [0.15, 0.2) is 36.5 Å². The fourth-order valence-corrected chi connectivity index (χ4v) is 5.60. The largest absolute Gasteiger partial charge is 0.494 e. The predicted molar refractivity (Wildman–Crippen MR) is 163 cm³/mol. The number of rotatable bonds is 6. The Kier molecular flexibility index (Phi) is 10.6. The Morgan fingerprint density at radius 1 is 1.13 bits per heavy atom. The number of methoxy groups -OCH3 is 1. The van der Waals surface area contributed by atoms with Crippen molar-refractivity contribution >= 4 is 41.5 Å². The van der Waals surface area contributed by atoms with Crippen molar-refractivity contribution in [1.29, 1.82) is 0 Å². The molecular weight excluding hydrogens is 630 g/mol. The molecule has 2 aliphatic rings. The van der Waals surface area contributed by atoms with E-state index in [1.807, 2.05) is 0 Å². The molecule has 246 valence electrons. The van der Waals surface area contributed by atoms with E-state index in [2.05, 4.69) is 15.6 Å². The van der Waals surface area contributed by atoms with Gasteiger partial charge in [-0.25, -0.2) is 9.37 Å². The molecule has 2 saturated heterocycles. The number of hydrogen-bond donors (Lipinski definition) is 4. The number of amides is 3. The van der Waals surface area contributed by atoms with Gasteiger partial charge in [0.05, 0.1) is 41.2 Å². The monoisotopic (exact) mass is 662 g/mol. The molecule has 3 heterocycles. The SMILES string of the molecule is COc1ccc(-c2cnc(C(=O)Nc3ccc(C(=O)N4CCN(C(=O)C5C[C@](C)(O)CN5)CC4)c(Cl)c3)n2C)c(F)c1F.O=CO. The Morgan fingerprint density at radius 2 is 1.78 bits per heavy atom. The van der Waals surface area contributed by atoms with Gasteiger partial charge in [0.1, 0.15) is 0 Å². The molecule has 3 amide bonds. The molecule has 0 aliphatic carbocycles. The average molecular weight is 663 g/mol. The summed E-state index contributed by atoms with van der Waals surface area (Å²) in [5, 5.41) is 22.9. The molecule has 1 aromatic heterocycles. The van der Waals surface area contributed by atoms with Crippen LogP contribution in [0.4, 0.5) is 14.5 Å². The highest BCUT2D eigenvalue weighted by Gasteiger charge is 2.39. The zero-order chi connectivity index (χ0) is 33.8. The van der Waals surface area contributed by atoms with Crippen LogP contribution >= 0.6 is 11.6 Å². The minimum atomic E-state index is -1.15. The molecule has 2 aromatic carbocycles. The highest BCUT2D eigenvalue weighted by Crippen LogP contribution is 2.30. The highest BCUT2D eigenvalue weighted by molar-refractivity contribution is 6.34. The molecule has 0 radical (unpaired) electrons. The summed E-state index contributed by atoms with van der Waals surface area (Å²) in [5.41, 5.74) is -0.293. The lowest BCUT2D eigenvalue weighted by Crippen LogP contribution is -2.54. The van der Waals surface area contributed by atoms with Crippen molar-refractivity contribution in [2.24, 2.45) is 7.05 Å². The van der Waals surface area contributed by atoms with Crippen LogP contribution in [0.3, 0.4) is 0 Å². The fourth-order valence-electron chi connectivity index (χ4n) is 5.33. The van der Waals surface area contributed by atoms with E-state index in [1.54, 1.807) is 16.7 Å². The lowest BCUT2D eigenvalue weighted by Gasteiger charge is -2.36. The smallest absolute Gasteiger partial charge is 0.291 e. The quantitative estimate of drug-likeness (QED) is 0.290. The van der Waals surface area contributed by atoms with E-state index in [4.69, 9.17) is 26.2 Å². The van der Waals surface area contributed by atoms with Gasteiger partial charge in [0.25, 0.3) is 18.3 Å². The number of nitrogens with one attached hydrogen (secondary N) is 2. The van der Waals surface area contributed by atoms with E-state index >= 15 is 0 Å². The van der Waals surface area contributed by atoms with Crippen LogP contribution < -0.4 is 15.4 Å². The van der Waals surface area contributed by atoms with Crippen molar-refractivity contribution in [1.82, 2.24) is 24.7 Å². The van der Waals surface area contributed by atoms with Crippen LogP contribution in [0.25, 0.3) is 11.3 Å². The van der Waals surface area contributed by atoms with Crippen LogP contribution in [0.5, 0.6) is 5.75 Å².